The third-order valence-corrected chi connectivity index (χ3v) is 4.93. The van der Waals surface area contributed by atoms with Crippen molar-refractivity contribution in [2.45, 2.75) is 26.7 Å². The second-order valence-electron chi connectivity index (χ2n) is 3.80. The zero-order chi connectivity index (χ0) is 13.9. The van der Waals surface area contributed by atoms with E-state index in [2.05, 4.69) is 0 Å². The lowest BCUT2D eigenvalue weighted by atomic mass is 10.0. The summed E-state index contributed by atoms with van der Waals surface area (Å²) in [4.78, 5) is 0. The molecule has 0 fully saturated rings. The van der Waals surface area contributed by atoms with Gasteiger partial charge in [-0.1, -0.05) is 13.8 Å². The minimum absolute atomic E-state index is 0.0436. The maximum atomic E-state index is 12.4. The number of phenolic OH excluding ortho intramolecular Hbond substituents is 2. The molecule has 0 atom stereocenters. The molecule has 0 aliphatic rings. The Bertz CT molecular complexity index is 476. The molecule has 0 aromatic heterocycles. The van der Waals surface area contributed by atoms with Gasteiger partial charge in [0, 0.05) is 19.8 Å². The summed E-state index contributed by atoms with van der Waals surface area (Å²) in [7, 11) is -1.10. The average molecular weight is 274 g/mol. The molecule has 102 valence electrons. The van der Waals surface area contributed by atoms with E-state index in [1.54, 1.807) is 6.92 Å². The van der Waals surface area contributed by atoms with E-state index in [1.807, 2.05) is 6.92 Å². The first kappa shape index (κ1) is 15.0. The van der Waals surface area contributed by atoms with Gasteiger partial charge in [0.1, 0.15) is 16.8 Å². The van der Waals surface area contributed by atoms with Crippen LogP contribution in [0.5, 0.6) is 11.5 Å². The fraction of sp³-hybridized carbons (Fsp3) is 0.500. The molecule has 2 N–H and O–H groups in total. The van der Waals surface area contributed by atoms with Crippen LogP contribution in [0.15, 0.2) is 6.07 Å². The Morgan fingerprint density at radius 1 is 1.17 bits per heavy atom. The van der Waals surface area contributed by atoms with Crippen LogP contribution in [-0.2, 0) is 26.5 Å². The van der Waals surface area contributed by atoms with Crippen molar-refractivity contribution >= 4 is 12.9 Å². The van der Waals surface area contributed by atoms with Gasteiger partial charge in [-0.3, -0.25) is 4.57 Å². The molecule has 0 heterocycles. The number of benzene rings is 1. The van der Waals surface area contributed by atoms with Crippen molar-refractivity contribution < 1.29 is 23.8 Å². The lowest BCUT2D eigenvalue weighted by molar-refractivity contribution is 0.286. The zero-order valence-electron chi connectivity index (χ0n) is 11.1. The van der Waals surface area contributed by atoms with Crippen LogP contribution in [0.25, 0.3) is 0 Å². The molecule has 1 rings (SSSR count). The van der Waals surface area contributed by atoms with Gasteiger partial charge in [0.15, 0.2) is 0 Å². The van der Waals surface area contributed by atoms with Gasteiger partial charge < -0.3 is 19.3 Å². The van der Waals surface area contributed by atoms with Crippen LogP contribution in [0.3, 0.4) is 0 Å². The Balaban J connectivity index is 3.63. The molecule has 0 unspecified atom stereocenters. The maximum absolute atomic E-state index is 12.4. The Labute approximate surface area is 107 Å². The van der Waals surface area contributed by atoms with Crippen LogP contribution in [0.1, 0.15) is 25.0 Å². The van der Waals surface area contributed by atoms with Gasteiger partial charge in [0.05, 0.1) is 0 Å². The van der Waals surface area contributed by atoms with Crippen LogP contribution in [0.4, 0.5) is 0 Å². The second-order valence-corrected chi connectivity index (χ2v) is 5.97. The first-order valence-electron chi connectivity index (χ1n) is 5.73. The number of aromatic hydroxyl groups is 2. The van der Waals surface area contributed by atoms with E-state index in [4.69, 9.17) is 9.05 Å². The summed E-state index contributed by atoms with van der Waals surface area (Å²) < 4.78 is 22.2. The molecule has 0 aliphatic heterocycles. The minimum Gasteiger partial charge on any atom is -0.507 e. The number of phenols is 2. The largest absolute Gasteiger partial charge is 0.507 e. The molecule has 6 heteroatoms. The van der Waals surface area contributed by atoms with E-state index < -0.39 is 7.60 Å². The Hall–Kier alpha value is -1.03. The summed E-state index contributed by atoms with van der Waals surface area (Å²) in [5.41, 5.74) is 1.01. The third-order valence-electron chi connectivity index (χ3n) is 2.92. The summed E-state index contributed by atoms with van der Waals surface area (Å²) in [5, 5.41) is 20.2. The average Bonchev–Trinajstić information content (AvgIpc) is 2.39. The quantitative estimate of drug-likeness (QED) is 0.636. The molecule has 18 heavy (non-hydrogen) atoms. The monoisotopic (exact) mass is 274 g/mol. The Morgan fingerprint density at radius 2 is 1.72 bits per heavy atom. The minimum atomic E-state index is -3.59. The molecule has 1 aromatic rings. The van der Waals surface area contributed by atoms with Gasteiger partial charge in [-0.05, 0) is 24.5 Å². The van der Waals surface area contributed by atoms with Crippen LogP contribution >= 0.6 is 7.60 Å². The predicted octanol–water partition coefficient (Wildman–Crippen LogP) is 2.33. The first-order chi connectivity index (χ1) is 8.45. The summed E-state index contributed by atoms with van der Waals surface area (Å²) in [6, 6.07) is 1.40. The Kier molecular flexibility index (Phi) is 4.79. The van der Waals surface area contributed by atoms with Crippen molar-refractivity contribution in [1.29, 1.82) is 0 Å². The number of hydrogen-bond acceptors (Lipinski definition) is 5. The van der Waals surface area contributed by atoms with E-state index >= 15 is 0 Å². The standard InChI is InChI=1S/C12H19O5P/c1-5-8-7-10(13)12(9(6-2)11(8)14)18(15,16-3)17-4/h7,13-14H,5-6H2,1-4H3. The van der Waals surface area contributed by atoms with Gasteiger partial charge in [-0.25, -0.2) is 0 Å². The van der Waals surface area contributed by atoms with Gasteiger partial charge in [0.25, 0.3) is 0 Å². The van der Waals surface area contributed by atoms with E-state index in [-0.39, 0.29) is 16.8 Å². The molecule has 0 radical (unpaired) electrons. The predicted molar refractivity (Wildman–Crippen MR) is 69.8 cm³/mol. The topological polar surface area (TPSA) is 76.0 Å². The van der Waals surface area contributed by atoms with Gasteiger partial charge >= 0.3 is 7.60 Å². The number of hydrogen-bond donors (Lipinski definition) is 2. The van der Waals surface area contributed by atoms with Crippen molar-refractivity contribution in [3.05, 3.63) is 17.2 Å². The second kappa shape index (κ2) is 5.74. The molecule has 0 bridgehead atoms. The number of rotatable bonds is 5. The van der Waals surface area contributed by atoms with Crippen LogP contribution < -0.4 is 5.30 Å². The van der Waals surface area contributed by atoms with Crippen molar-refractivity contribution in [2.75, 3.05) is 14.2 Å². The molecule has 5 nitrogen and oxygen atoms in total. The molecular formula is C12H19O5P. The highest BCUT2D eigenvalue weighted by molar-refractivity contribution is 7.62. The smallest absolute Gasteiger partial charge is 0.364 e. The summed E-state index contributed by atoms with van der Waals surface area (Å²) in [6.45, 7) is 3.66. The molecular weight excluding hydrogens is 255 g/mol. The van der Waals surface area contributed by atoms with Crippen molar-refractivity contribution in [3.8, 4) is 11.5 Å². The molecule has 0 saturated heterocycles. The maximum Gasteiger partial charge on any atom is 0.364 e. The summed E-state index contributed by atoms with van der Waals surface area (Å²) in [6.07, 6.45) is 0.982. The summed E-state index contributed by atoms with van der Waals surface area (Å²) >= 11 is 0. The SMILES string of the molecule is CCc1cc(O)c(P(=O)(OC)OC)c(CC)c1O. The molecule has 0 saturated carbocycles. The molecule has 0 aliphatic carbocycles. The van der Waals surface area contributed by atoms with E-state index in [0.717, 1.165) is 0 Å². The van der Waals surface area contributed by atoms with Crippen LogP contribution in [-0.4, -0.2) is 24.4 Å². The third kappa shape index (κ3) is 2.39. The van der Waals surface area contributed by atoms with Crippen molar-refractivity contribution in [2.24, 2.45) is 0 Å². The first-order valence-corrected chi connectivity index (χ1v) is 7.28. The zero-order valence-corrected chi connectivity index (χ0v) is 12.0. The van der Waals surface area contributed by atoms with Gasteiger partial charge in [-0.15, -0.1) is 0 Å². The lowest BCUT2D eigenvalue weighted by Crippen LogP contribution is -2.15. The summed E-state index contributed by atoms with van der Waals surface area (Å²) in [5.74, 6) is -0.129. The molecule has 0 spiro atoms. The highest BCUT2D eigenvalue weighted by Gasteiger charge is 2.33. The highest BCUT2D eigenvalue weighted by Crippen LogP contribution is 2.50. The molecule has 0 amide bonds. The van der Waals surface area contributed by atoms with Crippen molar-refractivity contribution in [3.63, 3.8) is 0 Å². The van der Waals surface area contributed by atoms with Gasteiger partial charge in [-0.2, -0.15) is 0 Å². The van der Waals surface area contributed by atoms with Crippen LogP contribution in [0.2, 0.25) is 0 Å². The van der Waals surface area contributed by atoms with Crippen molar-refractivity contribution in [1.82, 2.24) is 0 Å². The van der Waals surface area contributed by atoms with E-state index in [1.165, 1.54) is 20.3 Å². The number of aryl methyl sites for hydroxylation is 1. The fourth-order valence-electron chi connectivity index (χ4n) is 1.93. The van der Waals surface area contributed by atoms with Crippen LogP contribution in [0, 0.1) is 0 Å². The lowest BCUT2D eigenvalue weighted by Gasteiger charge is -2.20. The van der Waals surface area contributed by atoms with Gasteiger partial charge in [0.2, 0.25) is 0 Å². The van der Waals surface area contributed by atoms with E-state index in [9.17, 15) is 14.8 Å². The van der Waals surface area contributed by atoms with E-state index in [0.29, 0.717) is 24.0 Å². The fourth-order valence-corrected chi connectivity index (χ4v) is 3.38. The Morgan fingerprint density at radius 3 is 2.11 bits per heavy atom. The molecule has 1 aromatic carbocycles. The highest BCUT2D eigenvalue weighted by atomic mass is 31.2. The normalized spacial score (nSPS) is 11.8.